The van der Waals surface area contributed by atoms with Crippen molar-refractivity contribution in [1.82, 2.24) is 18.3 Å². The molecule has 0 aliphatic heterocycles. The molecule has 0 aliphatic carbocycles. The molecule has 0 amide bonds. The molecule has 0 bridgehead atoms. The minimum Gasteiger partial charge on any atom is -0.341 e. The Morgan fingerprint density at radius 3 is 0.671 bits per heavy atom. The highest BCUT2D eigenvalue weighted by Crippen LogP contribution is 2.38. The molecule has 0 N–H and O–H groups in total. The number of aryl methyl sites for hydroxylation is 4. The first-order valence-electron chi connectivity index (χ1n) is 29.6. The van der Waals surface area contributed by atoms with Crippen LogP contribution in [-0.2, 0) is 26.2 Å². The van der Waals surface area contributed by atoms with Crippen LogP contribution < -0.4 is 0 Å². The van der Waals surface area contributed by atoms with Gasteiger partial charge in [0, 0.05) is 113 Å². The van der Waals surface area contributed by atoms with E-state index in [1.54, 1.807) is 0 Å². The molecule has 0 radical (unpaired) electrons. The Morgan fingerprint density at radius 2 is 0.395 bits per heavy atom. The van der Waals surface area contributed by atoms with Crippen molar-refractivity contribution in [3.63, 3.8) is 0 Å². The number of hydrogen-bond donors (Lipinski definition) is 0. The molecular weight excluding hydrogens is 921 g/mol. The van der Waals surface area contributed by atoms with Gasteiger partial charge in [0.25, 0.3) is 0 Å². The summed E-state index contributed by atoms with van der Waals surface area (Å²) in [5.74, 6) is 0. The Hall–Kier alpha value is -7.04. The number of benzene rings is 8. The predicted octanol–water partition coefficient (Wildman–Crippen LogP) is 23.4. The monoisotopic (exact) mass is 1020 g/mol. The minimum absolute atomic E-state index is 0.969. The van der Waals surface area contributed by atoms with Crippen LogP contribution in [-0.4, -0.2) is 18.3 Å². The zero-order valence-electron chi connectivity index (χ0n) is 50.8. The summed E-state index contributed by atoms with van der Waals surface area (Å²) in [5, 5.41) is 10.7. The summed E-state index contributed by atoms with van der Waals surface area (Å²) in [6, 6.07) is 62.6. The molecule has 404 valence electrons. The van der Waals surface area contributed by atoms with Gasteiger partial charge in [0.15, 0.2) is 0 Å². The molecule has 76 heavy (non-hydrogen) atoms. The van der Waals surface area contributed by atoms with Crippen LogP contribution in [0.2, 0.25) is 0 Å². The van der Waals surface area contributed by atoms with Gasteiger partial charge in [-0.25, -0.2) is 0 Å². The highest BCUT2D eigenvalue weighted by atomic mass is 15.0. The maximum atomic E-state index is 2.43. The van der Waals surface area contributed by atoms with Crippen LogP contribution >= 0.6 is 0 Å². The Morgan fingerprint density at radius 1 is 0.197 bits per heavy atom. The van der Waals surface area contributed by atoms with E-state index in [0.29, 0.717) is 0 Å². The lowest BCUT2D eigenvalue weighted by atomic mass is 10.0. The van der Waals surface area contributed by atoms with Crippen LogP contribution in [0.3, 0.4) is 0 Å². The second-order valence-electron chi connectivity index (χ2n) is 16.0. The summed E-state index contributed by atoms with van der Waals surface area (Å²) in [6.07, 6.45) is 0. The van der Waals surface area contributed by atoms with E-state index >= 15 is 0 Å². The van der Waals surface area contributed by atoms with E-state index in [1.807, 2.05) is 111 Å². The number of nitrogens with zero attached hydrogens (tertiary/aromatic N) is 4. The number of fused-ring (bicyclic) bond motifs is 12. The summed E-state index contributed by atoms with van der Waals surface area (Å²) in [4.78, 5) is 0. The fourth-order valence-corrected chi connectivity index (χ4v) is 10.3. The summed E-state index contributed by atoms with van der Waals surface area (Å²) in [5.41, 5.74) is 15.6. The van der Waals surface area contributed by atoms with Crippen LogP contribution in [0.5, 0.6) is 0 Å². The molecule has 4 nitrogen and oxygen atoms in total. The maximum Gasteiger partial charge on any atom is 0.0497 e. The molecule has 0 saturated heterocycles. The normalized spacial score (nSPS) is 10.1. The summed E-state index contributed by atoms with van der Waals surface area (Å²) in [6.45, 7) is 44.8. The molecular formula is C72H96N4. The average molecular weight is 1020 g/mol. The average Bonchev–Trinajstić information content (AvgIpc) is 4.24. The molecule has 0 aliphatic rings. The van der Waals surface area contributed by atoms with E-state index in [2.05, 4.69) is 216 Å². The fraction of sp³-hybridized carbons (Fsp3) is 0.333. The molecule has 8 aromatic carbocycles. The van der Waals surface area contributed by atoms with Crippen molar-refractivity contribution in [2.45, 2.75) is 165 Å². The zero-order valence-corrected chi connectivity index (χ0v) is 50.8. The Balaban J connectivity index is 0.000000318. The van der Waals surface area contributed by atoms with Crippen molar-refractivity contribution in [3.05, 3.63) is 170 Å². The van der Waals surface area contributed by atoms with Gasteiger partial charge in [-0.05, 0) is 111 Å². The predicted molar refractivity (Wildman–Crippen MR) is 349 cm³/mol. The zero-order chi connectivity index (χ0) is 56.5. The lowest BCUT2D eigenvalue weighted by Crippen LogP contribution is -1.93. The number of hydrogen-bond acceptors (Lipinski definition) is 0. The van der Waals surface area contributed by atoms with Gasteiger partial charge in [-0.2, -0.15) is 0 Å². The van der Waals surface area contributed by atoms with Crippen molar-refractivity contribution < 1.29 is 0 Å². The van der Waals surface area contributed by atoms with E-state index in [4.69, 9.17) is 0 Å². The summed E-state index contributed by atoms with van der Waals surface area (Å²) < 4.78 is 9.67. The minimum atomic E-state index is 0.969. The van der Waals surface area contributed by atoms with Crippen LogP contribution in [0.4, 0.5) is 0 Å². The lowest BCUT2D eigenvalue weighted by molar-refractivity contribution is 0.827. The van der Waals surface area contributed by atoms with E-state index < -0.39 is 0 Å². The first-order chi connectivity index (χ1) is 37.6. The first-order valence-corrected chi connectivity index (χ1v) is 29.6. The second kappa shape index (κ2) is 32.4. The Labute approximate surface area is 460 Å². The van der Waals surface area contributed by atoms with Gasteiger partial charge in [-0.1, -0.05) is 220 Å². The third-order valence-electron chi connectivity index (χ3n) is 13.0. The third kappa shape index (κ3) is 12.5. The van der Waals surface area contributed by atoms with Crippen LogP contribution in [0, 0.1) is 0 Å². The lowest BCUT2D eigenvalue weighted by Gasteiger charge is -2.07. The number of rotatable bonds is 6. The Kier molecular flexibility index (Phi) is 27.0. The Bertz CT molecular complexity index is 3370. The number of aromatic nitrogens is 4. The van der Waals surface area contributed by atoms with Gasteiger partial charge in [0.1, 0.15) is 0 Å². The van der Waals surface area contributed by atoms with Crippen LogP contribution in [0.15, 0.2) is 170 Å². The first kappa shape index (κ1) is 63.3. The molecule has 0 fully saturated rings. The summed E-state index contributed by atoms with van der Waals surface area (Å²) >= 11 is 0. The summed E-state index contributed by atoms with van der Waals surface area (Å²) in [7, 11) is 0. The molecule has 0 saturated carbocycles. The van der Waals surface area contributed by atoms with Crippen molar-refractivity contribution in [3.8, 4) is 22.3 Å². The second-order valence-corrected chi connectivity index (χ2v) is 16.0. The van der Waals surface area contributed by atoms with Gasteiger partial charge in [-0.3, -0.25) is 0 Å². The van der Waals surface area contributed by atoms with Gasteiger partial charge < -0.3 is 18.3 Å². The van der Waals surface area contributed by atoms with Crippen molar-refractivity contribution in [2.24, 2.45) is 0 Å². The molecule has 0 unspecified atom stereocenters. The van der Waals surface area contributed by atoms with Crippen LogP contribution in [0.1, 0.15) is 138 Å². The standard InChI is InChI=1S/2C28H24N2.8C2H6/c2*1-3-29-26-12-8-6-10-22(26)24-17-19(14-16-27(24)29)20-13-15-23-21-9-5-7-11-25(21)30(4-2)28(23)18-20;8*1-2/h2*5-18H,3-4H2,1-2H3;8*1-2H3. The fourth-order valence-electron chi connectivity index (χ4n) is 10.3. The SMILES string of the molecule is CC.CC.CC.CC.CC.CC.CC.CC.CCn1c2ccccc2c2cc(-c3ccc4c5ccccc5n(CC)c4c3)ccc21.CCn1c2ccccc2c2cc(-c3ccc4c5ccccc5n(CC)c4c3)ccc21. The van der Waals surface area contributed by atoms with Crippen LogP contribution in [0.25, 0.3) is 109 Å². The van der Waals surface area contributed by atoms with Gasteiger partial charge in [0.2, 0.25) is 0 Å². The van der Waals surface area contributed by atoms with E-state index in [9.17, 15) is 0 Å². The molecule has 0 spiro atoms. The largest absolute Gasteiger partial charge is 0.341 e. The molecule has 0 atom stereocenters. The van der Waals surface area contributed by atoms with E-state index in [-0.39, 0.29) is 0 Å². The quantitative estimate of drug-likeness (QED) is 0.158. The highest BCUT2D eigenvalue weighted by molar-refractivity contribution is 6.13. The maximum absolute atomic E-state index is 2.43. The molecule has 4 heterocycles. The van der Waals surface area contributed by atoms with Gasteiger partial charge in [0.05, 0.1) is 0 Å². The molecule has 12 rings (SSSR count). The van der Waals surface area contributed by atoms with Gasteiger partial charge in [-0.15, -0.1) is 0 Å². The van der Waals surface area contributed by atoms with Crippen molar-refractivity contribution >= 4 is 87.2 Å². The van der Waals surface area contributed by atoms with Gasteiger partial charge >= 0.3 is 0 Å². The third-order valence-corrected chi connectivity index (χ3v) is 13.0. The number of para-hydroxylation sites is 4. The molecule has 4 heteroatoms. The van der Waals surface area contributed by atoms with Crippen molar-refractivity contribution in [1.29, 1.82) is 0 Å². The van der Waals surface area contributed by atoms with E-state index in [0.717, 1.165) is 26.2 Å². The van der Waals surface area contributed by atoms with Crippen molar-refractivity contribution in [2.75, 3.05) is 0 Å². The molecule has 4 aromatic heterocycles. The highest BCUT2D eigenvalue weighted by Gasteiger charge is 2.15. The smallest absolute Gasteiger partial charge is 0.0497 e. The van der Waals surface area contributed by atoms with E-state index in [1.165, 1.54) is 109 Å². The molecule has 12 aromatic rings. The topological polar surface area (TPSA) is 19.7 Å².